The molecule has 2 heterocycles. The van der Waals surface area contributed by atoms with Crippen molar-refractivity contribution in [1.82, 2.24) is 14.9 Å². The van der Waals surface area contributed by atoms with Gasteiger partial charge in [0.15, 0.2) is 6.61 Å². The van der Waals surface area contributed by atoms with Crippen LogP contribution in [0.2, 0.25) is 5.02 Å². The van der Waals surface area contributed by atoms with E-state index in [1.54, 1.807) is 4.90 Å². The highest BCUT2D eigenvalue weighted by atomic mass is 35.5. The Hall–Kier alpha value is -2.34. The molecule has 0 unspecified atom stereocenters. The summed E-state index contributed by atoms with van der Waals surface area (Å²) in [6.07, 6.45) is 3.59. The lowest BCUT2D eigenvalue weighted by Crippen LogP contribution is -2.34. The van der Waals surface area contributed by atoms with Gasteiger partial charge in [0.1, 0.15) is 11.9 Å². The SMILES string of the molecule is Cc1ccccc1OCC(=O)N1CC[C@H](Oc2ncc(Cl)cn2)C1. The molecule has 1 atom stereocenters. The van der Waals surface area contributed by atoms with Gasteiger partial charge in [0.2, 0.25) is 0 Å². The topological polar surface area (TPSA) is 64.5 Å². The van der Waals surface area contributed by atoms with Crippen LogP contribution < -0.4 is 9.47 Å². The first kappa shape index (κ1) is 16.5. The van der Waals surface area contributed by atoms with E-state index in [1.165, 1.54) is 12.4 Å². The van der Waals surface area contributed by atoms with Gasteiger partial charge in [-0.2, -0.15) is 0 Å². The van der Waals surface area contributed by atoms with E-state index in [4.69, 9.17) is 21.1 Å². The number of nitrogens with zero attached hydrogens (tertiary/aromatic N) is 3. The molecule has 126 valence electrons. The van der Waals surface area contributed by atoms with Crippen LogP contribution in [0.1, 0.15) is 12.0 Å². The van der Waals surface area contributed by atoms with Crippen LogP contribution in [-0.4, -0.2) is 46.6 Å². The first-order chi connectivity index (χ1) is 11.6. The summed E-state index contributed by atoms with van der Waals surface area (Å²) < 4.78 is 11.3. The van der Waals surface area contributed by atoms with Gasteiger partial charge in [-0.3, -0.25) is 4.79 Å². The molecule has 1 aromatic carbocycles. The first-order valence-corrected chi connectivity index (χ1v) is 8.10. The number of likely N-dealkylation sites (tertiary alicyclic amines) is 1. The second kappa shape index (κ2) is 7.49. The van der Waals surface area contributed by atoms with Crippen LogP contribution in [0.15, 0.2) is 36.7 Å². The molecule has 24 heavy (non-hydrogen) atoms. The molecule has 0 bridgehead atoms. The molecule has 1 aliphatic rings. The van der Waals surface area contributed by atoms with Gasteiger partial charge in [0, 0.05) is 13.0 Å². The van der Waals surface area contributed by atoms with E-state index in [0.717, 1.165) is 17.7 Å². The third-order valence-electron chi connectivity index (χ3n) is 3.81. The van der Waals surface area contributed by atoms with Gasteiger partial charge >= 0.3 is 6.01 Å². The Morgan fingerprint density at radius 2 is 2.08 bits per heavy atom. The Labute approximate surface area is 145 Å². The highest BCUT2D eigenvalue weighted by molar-refractivity contribution is 6.30. The molecule has 0 aliphatic carbocycles. The molecule has 1 saturated heterocycles. The van der Waals surface area contributed by atoms with Crippen molar-refractivity contribution in [2.75, 3.05) is 19.7 Å². The van der Waals surface area contributed by atoms with Gasteiger partial charge < -0.3 is 14.4 Å². The number of rotatable bonds is 5. The minimum Gasteiger partial charge on any atom is -0.484 e. The molecule has 7 heteroatoms. The zero-order chi connectivity index (χ0) is 16.9. The van der Waals surface area contributed by atoms with Crippen molar-refractivity contribution in [1.29, 1.82) is 0 Å². The lowest BCUT2D eigenvalue weighted by molar-refractivity contribution is -0.132. The summed E-state index contributed by atoms with van der Waals surface area (Å²) in [5.41, 5.74) is 1.01. The molecule has 1 aliphatic heterocycles. The van der Waals surface area contributed by atoms with E-state index in [2.05, 4.69) is 9.97 Å². The average molecular weight is 348 g/mol. The number of para-hydroxylation sites is 1. The second-order valence-corrected chi connectivity index (χ2v) is 6.04. The fourth-order valence-electron chi connectivity index (χ4n) is 2.51. The summed E-state index contributed by atoms with van der Waals surface area (Å²) >= 11 is 5.74. The van der Waals surface area contributed by atoms with E-state index in [9.17, 15) is 4.79 Å². The Bertz CT molecular complexity index is 708. The third-order valence-corrected chi connectivity index (χ3v) is 4.01. The van der Waals surface area contributed by atoms with Crippen molar-refractivity contribution in [3.05, 3.63) is 47.2 Å². The fraction of sp³-hybridized carbons (Fsp3) is 0.353. The monoisotopic (exact) mass is 347 g/mol. The maximum absolute atomic E-state index is 12.3. The molecule has 0 radical (unpaired) electrons. The van der Waals surface area contributed by atoms with E-state index in [0.29, 0.717) is 18.1 Å². The number of ether oxygens (including phenoxy) is 2. The smallest absolute Gasteiger partial charge is 0.316 e. The molecule has 1 fully saturated rings. The Morgan fingerprint density at radius 3 is 2.83 bits per heavy atom. The molecule has 6 nitrogen and oxygen atoms in total. The molecule has 3 rings (SSSR count). The van der Waals surface area contributed by atoms with Gasteiger partial charge in [-0.1, -0.05) is 29.8 Å². The van der Waals surface area contributed by atoms with Gasteiger partial charge in [0.05, 0.1) is 24.0 Å². The highest BCUT2D eigenvalue weighted by Gasteiger charge is 2.28. The number of hydrogen-bond donors (Lipinski definition) is 0. The Kier molecular flexibility index (Phi) is 5.15. The van der Waals surface area contributed by atoms with Gasteiger partial charge in [-0.25, -0.2) is 9.97 Å². The second-order valence-electron chi connectivity index (χ2n) is 5.61. The number of carbonyl (C=O) groups excluding carboxylic acids is 1. The number of hydrogen-bond acceptors (Lipinski definition) is 5. The van der Waals surface area contributed by atoms with Crippen LogP contribution in [0.3, 0.4) is 0 Å². The van der Waals surface area contributed by atoms with Gasteiger partial charge in [-0.05, 0) is 18.6 Å². The van der Waals surface area contributed by atoms with Crippen LogP contribution in [0.25, 0.3) is 0 Å². The summed E-state index contributed by atoms with van der Waals surface area (Å²) in [5.74, 6) is 0.675. The number of benzene rings is 1. The van der Waals surface area contributed by atoms with Crippen molar-refractivity contribution >= 4 is 17.5 Å². The minimum absolute atomic E-state index is 0.0228. The quantitative estimate of drug-likeness (QED) is 0.831. The van der Waals surface area contributed by atoms with Crippen molar-refractivity contribution in [3.8, 4) is 11.8 Å². The molecule has 0 saturated carbocycles. The third kappa shape index (κ3) is 4.14. The average Bonchev–Trinajstić information content (AvgIpc) is 3.05. The molecular weight excluding hydrogens is 330 g/mol. The minimum atomic E-state index is -0.117. The molecule has 1 amide bonds. The summed E-state index contributed by atoms with van der Waals surface area (Å²) in [5, 5.41) is 0.457. The molecule has 1 aromatic heterocycles. The normalized spacial score (nSPS) is 16.9. The van der Waals surface area contributed by atoms with Crippen molar-refractivity contribution in [3.63, 3.8) is 0 Å². The zero-order valence-electron chi connectivity index (χ0n) is 13.3. The lowest BCUT2D eigenvalue weighted by Gasteiger charge is -2.17. The maximum Gasteiger partial charge on any atom is 0.316 e. The van der Waals surface area contributed by atoms with Crippen LogP contribution in [0.5, 0.6) is 11.8 Å². The molecule has 0 N–H and O–H groups in total. The summed E-state index contributed by atoms with van der Waals surface area (Å²) in [6.45, 7) is 3.11. The Balaban J connectivity index is 1.49. The van der Waals surface area contributed by atoms with Crippen LogP contribution in [-0.2, 0) is 4.79 Å². The van der Waals surface area contributed by atoms with Crippen molar-refractivity contribution < 1.29 is 14.3 Å². The van der Waals surface area contributed by atoms with Crippen molar-refractivity contribution in [2.45, 2.75) is 19.4 Å². The first-order valence-electron chi connectivity index (χ1n) is 7.72. The van der Waals surface area contributed by atoms with Crippen LogP contribution in [0.4, 0.5) is 0 Å². The number of aromatic nitrogens is 2. The summed E-state index contributed by atoms with van der Waals surface area (Å²) in [7, 11) is 0. The van der Waals surface area contributed by atoms with Crippen LogP contribution >= 0.6 is 11.6 Å². The number of carbonyl (C=O) groups is 1. The number of halogens is 1. The fourth-order valence-corrected chi connectivity index (χ4v) is 2.61. The van der Waals surface area contributed by atoms with Gasteiger partial charge in [-0.15, -0.1) is 0 Å². The largest absolute Gasteiger partial charge is 0.484 e. The summed E-state index contributed by atoms with van der Waals surface area (Å²) in [4.78, 5) is 22.0. The predicted molar refractivity (Wildman–Crippen MR) is 89.3 cm³/mol. The molecule has 2 aromatic rings. The maximum atomic E-state index is 12.3. The van der Waals surface area contributed by atoms with Crippen LogP contribution in [0, 0.1) is 6.92 Å². The van der Waals surface area contributed by atoms with E-state index in [-0.39, 0.29) is 24.6 Å². The van der Waals surface area contributed by atoms with E-state index < -0.39 is 0 Å². The number of amides is 1. The van der Waals surface area contributed by atoms with Gasteiger partial charge in [0.25, 0.3) is 5.91 Å². The Morgan fingerprint density at radius 1 is 1.33 bits per heavy atom. The molecule has 0 spiro atoms. The zero-order valence-corrected chi connectivity index (χ0v) is 14.1. The highest BCUT2D eigenvalue weighted by Crippen LogP contribution is 2.18. The van der Waals surface area contributed by atoms with Crippen molar-refractivity contribution in [2.24, 2.45) is 0 Å². The number of aryl methyl sites for hydroxylation is 1. The van der Waals surface area contributed by atoms with E-state index in [1.807, 2.05) is 31.2 Å². The summed E-state index contributed by atoms with van der Waals surface area (Å²) in [6, 6.07) is 7.90. The standard InChI is InChI=1S/C17H18ClN3O3/c1-12-4-2-3-5-15(12)23-11-16(22)21-7-6-14(10-21)24-17-19-8-13(18)9-20-17/h2-5,8-9,14H,6-7,10-11H2,1H3/t14-/m0/s1. The lowest BCUT2D eigenvalue weighted by atomic mass is 10.2. The molecular formula is C17H18ClN3O3. The van der Waals surface area contributed by atoms with E-state index >= 15 is 0 Å². The predicted octanol–water partition coefficient (Wildman–Crippen LogP) is 2.50.